The van der Waals surface area contributed by atoms with Gasteiger partial charge >= 0.3 is 0 Å². The highest BCUT2D eigenvalue weighted by atomic mass is 32.2. The summed E-state index contributed by atoms with van der Waals surface area (Å²) >= 11 is 0. The van der Waals surface area contributed by atoms with Gasteiger partial charge in [-0.1, -0.05) is 6.92 Å². The summed E-state index contributed by atoms with van der Waals surface area (Å²) < 4.78 is 16.4. The zero-order chi connectivity index (χ0) is 9.68. The fourth-order valence-electron chi connectivity index (χ4n) is 0.947. The van der Waals surface area contributed by atoms with Crippen molar-refractivity contribution in [2.75, 3.05) is 12.9 Å². The van der Waals surface area contributed by atoms with Gasteiger partial charge in [0.25, 0.3) is 0 Å². The molecule has 72 valence electrons. The molecular formula is C10H14O2S. The lowest BCUT2D eigenvalue weighted by molar-refractivity contribution is 0.317. The smallest absolute Gasteiger partial charge is 0.119 e. The number of benzene rings is 1. The SMILES string of the molecule is CCCOc1ccc(S(C)=O)cc1. The van der Waals surface area contributed by atoms with Crippen LogP contribution < -0.4 is 4.74 Å². The van der Waals surface area contributed by atoms with E-state index in [1.54, 1.807) is 6.26 Å². The molecule has 0 saturated carbocycles. The average Bonchev–Trinajstić information content (AvgIpc) is 2.15. The molecule has 0 heterocycles. The van der Waals surface area contributed by atoms with Crippen LogP contribution in [0.25, 0.3) is 0 Å². The van der Waals surface area contributed by atoms with Crippen LogP contribution in [-0.2, 0) is 10.8 Å². The summed E-state index contributed by atoms with van der Waals surface area (Å²) in [7, 11) is -0.899. The third kappa shape index (κ3) is 3.19. The molecule has 0 saturated heterocycles. The highest BCUT2D eigenvalue weighted by Crippen LogP contribution is 2.13. The Morgan fingerprint density at radius 3 is 2.38 bits per heavy atom. The van der Waals surface area contributed by atoms with Gasteiger partial charge in [-0.2, -0.15) is 0 Å². The molecule has 0 N–H and O–H groups in total. The summed E-state index contributed by atoms with van der Waals surface area (Å²) in [6.07, 6.45) is 2.67. The van der Waals surface area contributed by atoms with E-state index in [9.17, 15) is 4.21 Å². The fourth-order valence-corrected chi connectivity index (χ4v) is 1.47. The van der Waals surface area contributed by atoms with Crippen molar-refractivity contribution in [3.63, 3.8) is 0 Å². The van der Waals surface area contributed by atoms with Gasteiger partial charge in [0.1, 0.15) is 5.75 Å². The number of ether oxygens (including phenoxy) is 1. The Balaban J connectivity index is 2.64. The van der Waals surface area contributed by atoms with Crippen LogP contribution in [0.1, 0.15) is 13.3 Å². The van der Waals surface area contributed by atoms with Crippen molar-refractivity contribution < 1.29 is 8.95 Å². The van der Waals surface area contributed by atoms with Crippen LogP contribution in [0, 0.1) is 0 Å². The number of hydrogen-bond donors (Lipinski definition) is 0. The molecule has 1 rings (SSSR count). The van der Waals surface area contributed by atoms with Crippen molar-refractivity contribution in [1.29, 1.82) is 0 Å². The Labute approximate surface area is 81.4 Å². The van der Waals surface area contributed by atoms with Crippen molar-refractivity contribution in [1.82, 2.24) is 0 Å². The maximum Gasteiger partial charge on any atom is 0.119 e. The highest BCUT2D eigenvalue weighted by Gasteiger charge is 1.97. The lowest BCUT2D eigenvalue weighted by atomic mass is 10.3. The molecule has 0 radical (unpaired) electrons. The lowest BCUT2D eigenvalue weighted by Crippen LogP contribution is -1.95. The molecule has 1 aromatic carbocycles. The Hall–Kier alpha value is -0.830. The second kappa shape index (κ2) is 5.02. The van der Waals surface area contributed by atoms with Gasteiger partial charge in [-0.15, -0.1) is 0 Å². The van der Waals surface area contributed by atoms with Gasteiger partial charge in [0.2, 0.25) is 0 Å². The predicted molar refractivity (Wildman–Crippen MR) is 54.6 cm³/mol. The molecule has 1 unspecified atom stereocenters. The van der Waals surface area contributed by atoms with Crippen LogP contribution in [0.3, 0.4) is 0 Å². The molecule has 0 aliphatic carbocycles. The van der Waals surface area contributed by atoms with Crippen LogP contribution >= 0.6 is 0 Å². The second-order valence-corrected chi connectivity index (χ2v) is 4.15. The average molecular weight is 198 g/mol. The summed E-state index contributed by atoms with van der Waals surface area (Å²) in [4.78, 5) is 0.837. The lowest BCUT2D eigenvalue weighted by Gasteiger charge is -2.04. The van der Waals surface area contributed by atoms with E-state index < -0.39 is 10.8 Å². The maximum atomic E-state index is 11.0. The van der Waals surface area contributed by atoms with E-state index in [0.29, 0.717) is 0 Å². The third-order valence-electron chi connectivity index (χ3n) is 1.63. The molecule has 0 spiro atoms. The number of rotatable bonds is 4. The summed E-state index contributed by atoms with van der Waals surface area (Å²) in [5.74, 6) is 0.844. The molecule has 0 aliphatic rings. The number of hydrogen-bond acceptors (Lipinski definition) is 2. The summed E-state index contributed by atoms with van der Waals surface area (Å²) in [6, 6.07) is 7.38. The minimum atomic E-state index is -0.899. The zero-order valence-electron chi connectivity index (χ0n) is 7.95. The van der Waals surface area contributed by atoms with Gasteiger partial charge < -0.3 is 4.74 Å². The van der Waals surface area contributed by atoms with Gasteiger partial charge in [-0.3, -0.25) is 4.21 Å². The van der Waals surface area contributed by atoms with Crippen molar-refractivity contribution in [3.8, 4) is 5.75 Å². The van der Waals surface area contributed by atoms with Gasteiger partial charge in [0.05, 0.1) is 6.61 Å². The predicted octanol–water partition coefficient (Wildman–Crippen LogP) is 2.21. The van der Waals surface area contributed by atoms with E-state index >= 15 is 0 Å². The topological polar surface area (TPSA) is 26.3 Å². The Kier molecular flexibility index (Phi) is 3.96. The first-order chi connectivity index (χ1) is 6.24. The molecule has 0 fully saturated rings. The molecule has 0 aromatic heterocycles. The first-order valence-corrected chi connectivity index (χ1v) is 5.86. The van der Waals surface area contributed by atoms with Gasteiger partial charge in [-0.25, -0.2) is 0 Å². The van der Waals surface area contributed by atoms with E-state index in [1.165, 1.54) is 0 Å². The molecule has 0 amide bonds. The van der Waals surface area contributed by atoms with Crippen LogP contribution in [0.2, 0.25) is 0 Å². The molecule has 2 nitrogen and oxygen atoms in total. The van der Waals surface area contributed by atoms with E-state index in [-0.39, 0.29) is 0 Å². The monoisotopic (exact) mass is 198 g/mol. The highest BCUT2D eigenvalue weighted by molar-refractivity contribution is 7.84. The van der Waals surface area contributed by atoms with Gasteiger partial charge in [0.15, 0.2) is 0 Å². The molecule has 1 aromatic rings. The largest absolute Gasteiger partial charge is 0.494 e. The van der Waals surface area contributed by atoms with Crippen LogP contribution in [0.5, 0.6) is 5.75 Å². The van der Waals surface area contributed by atoms with E-state index in [1.807, 2.05) is 24.3 Å². The van der Waals surface area contributed by atoms with Crippen LogP contribution in [0.4, 0.5) is 0 Å². The molecule has 0 aliphatic heterocycles. The first-order valence-electron chi connectivity index (χ1n) is 4.30. The van der Waals surface area contributed by atoms with Gasteiger partial charge in [-0.05, 0) is 30.7 Å². The molecule has 0 bridgehead atoms. The quantitative estimate of drug-likeness (QED) is 0.741. The summed E-state index contributed by atoms with van der Waals surface area (Å²) in [6.45, 7) is 2.80. The van der Waals surface area contributed by atoms with Crippen molar-refractivity contribution >= 4 is 10.8 Å². The van der Waals surface area contributed by atoms with Crippen LogP contribution in [0.15, 0.2) is 29.2 Å². The minimum Gasteiger partial charge on any atom is -0.494 e. The Bertz CT molecular complexity index is 279. The minimum absolute atomic E-state index is 0.731. The third-order valence-corrected chi connectivity index (χ3v) is 2.56. The standard InChI is InChI=1S/C10H14O2S/c1-3-8-12-9-4-6-10(7-5-9)13(2)11/h4-7H,3,8H2,1-2H3. The molecule has 1 atom stereocenters. The summed E-state index contributed by atoms with van der Waals surface area (Å²) in [5.41, 5.74) is 0. The first kappa shape index (κ1) is 10.3. The zero-order valence-corrected chi connectivity index (χ0v) is 8.76. The molecular weight excluding hydrogens is 184 g/mol. The van der Waals surface area contributed by atoms with Crippen molar-refractivity contribution in [2.45, 2.75) is 18.2 Å². The normalized spacial score (nSPS) is 12.5. The van der Waals surface area contributed by atoms with Crippen LogP contribution in [-0.4, -0.2) is 17.1 Å². The Morgan fingerprint density at radius 1 is 1.31 bits per heavy atom. The van der Waals surface area contributed by atoms with Gasteiger partial charge in [0, 0.05) is 22.0 Å². The summed E-state index contributed by atoms with van der Waals surface area (Å²) in [5, 5.41) is 0. The fraction of sp³-hybridized carbons (Fsp3) is 0.400. The van der Waals surface area contributed by atoms with E-state index in [4.69, 9.17) is 4.74 Å². The van der Waals surface area contributed by atoms with E-state index in [0.717, 1.165) is 23.7 Å². The molecule has 13 heavy (non-hydrogen) atoms. The second-order valence-electron chi connectivity index (χ2n) is 2.77. The molecule has 3 heteroatoms. The Morgan fingerprint density at radius 2 is 1.92 bits per heavy atom. The van der Waals surface area contributed by atoms with E-state index in [2.05, 4.69) is 6.92 Å². The van der Waals surface area contributed by atoms with Crippen molar-refractivity contribution in [3.05, 3.63) is 24.3 Å². The maximum absolute atomic E-state index is 11.0. The van der Waals surface area contributed by atoms with Crippen molar-refractivity contribution in [2.24, 2.45) is 0 Å².